The Morgan fingerprint density at radius 3 is 1.23 bits per heavy atom. The van der Waals surface area contributed by atoms with E-state index in [0.29, 0.717) is 0 Å². The summed E-state index contributed by atoms with van der Waals surface area (Å²) in [6.45, 7) is 2.16. The molecule has 0 aliphatic carbocycles. The average molecular weight is 776 g/mol. The largest absolute Gasteiger partial charge is 0.309 e. The van der Waals surface area contributed by atoms with E-state index in [1.54, 1.807) is 0 Å². The van der Waals surface area contributed by atoms with Gasteiger partial charge in [-0.2, -0.15) is 0 Å². The first-order chi connectivity index (χ1) is 30.2. The van der Waals surface area contributed by atoms with Gasteiger partial charge in [0.15, 0.2) is 0 Å². The Morgan fingerprint density at radius 1 is 0.328 bits per heavy atom. The van der Waals surface area contributed by atoms with E-state index in [0.717, 1.165) is 5.69 Å². The van der Waals surface area contributed by atoms with E-state index in [-0.39, 0.29) is 0 Å². The highest BCUT2D eigenvalue weighted by Crippen LogP contribution is 2.49. The van der Waals surface area contributed by atoms with Gasteiger partial charge in [-0.3, -0.25) is 0 Å². The zero-order valence-electron chi connectivity index (χ0n) is 33.9. The Morgan fingerprint density at radius 2 is 0.754 bits per heavy atom. The molecule has 0 atom stereocenters. The van der Waals surface area contributed by atoms with Crippen LogP contribution in [0, 0.1) is 6.92 Å². The van der Waals surface area contributed by atoms with Crippen LogP contribution in [0.1, 0.15) is 27.8 Å². The molecular weight excluding hydrogens is 735 g/mol. The molecule has 0 unspecified atom stereocenters. The number of nitrogens with zero attached hydrogens (tertiary/aromatic N) is 1. The summed E-state index contributed by atoms with van der Waals surface area (Å²) in [5.74, 6) is 0. The highest BCUT2D eigenvalue weighted by atomic mass is 15.0. The van der Waals surface area contributed by atoms with Crippen LogP contribution in [-0.2, 0) is 5.41 Å². The van der Waals surface area contributed by atoms with Gasteiger partial charge in [0, 0.05) is 16.5 Å². The number of fused-ring (bicyclic) bond motifs is 3. The summed E-state index contributed by atoms with van der Waals surface area (Å²) in [5.41, 5.74) is 14.2. The molecule has 0 bridgehead atoms. The van der Waals surface area contributed by atoms with E-state index >= 15 is 0 Å². The average Bonchev–Trinajstić information content (AvgIpc) is 3.66. The third-order valence-corrected chi connectivity index (χ3v) is 13.1. The highest BCUT2D eigenvalue weighted by Gasteiger charge is 2.38. The minimum atomic E-state index is -0.537. The van der Waals surface area contributed by atoms with E-state index in [2.05, 4.69) is 242 Å². The van der Waals surface area contributed by atoms with Crippen molar-refractivity contribution in [3.05, 3.63) is 258 Å². The van der Waals surface area contributed by atoms with Crippen molar-refractivity contribution in [3.63, 3.8) is 0 Å². The molecule has 12 aromatic rings. The lowest BCUT2D eigenvalue weighted by Crippen LogP contribution is -2.31. The van der Waals surface area contributed by atoms with Gasteiger partial charge in [0.2, 0.25) is 0 Å². The summed E-state index contributed by atoms with van der Waals surface area (Å²) in [7, 11) is 0. The lowest BCUT2D eigenvalue weighted by atomic mass is 9.64. The number of aromatic nitrogens is 1. The number of aryl methyl sites for hydroxylation is 1. The van der Waals surface area contributed by atoms with Gasteiger partial charge < -0.3 is 4.57 Å². The summed E-state index contributed by atoms with van der Waals surface area (Å²) in [4.78, 5) is 0. The predicted molar refractivity (Wildman–Crippen MR) is 258 cm³/mol. The van der Waals surface area contributed by atoms with Crippen molar-refractivity contribution < 1.29 is 0 Å². The van der Waals surface area contributed by atoms with E-state index in [9.17, 15) is 0 Å². The van der Waals surface area contributed by atoms with Crippen LogP contribution >= 0.6 is 0 Å². The molecule has 0 saturated heterocycles. The maximum Gasteiger partial charge on any atom is 0.0702 e. The van der Waals surface area contributed by atoms with Crippen molar-refractivity contribution in [2.75, 3.05) is 0 Å². The van der Waals surface area contributed by atoms with Crippen molar-refractivity contribution in [3.8, 4) is 27.9 Å². The first kappa shape index (κ1) is 35.2. The standard InChI is InChI=1S/C60H41N/c1-40-25-27-41(28-26-40)54-39-55(42-29-33-49(34-30-42)61-56-23-13-11-21-50(56)51-22-12-14-24-57(51)61)53-36-32-44-38-48(37-43-31-35-52(54)59(53)58(43)44)60(45-15-5-2-6-16-45,46-17-7-3-8-18-46)47-19-9-4-10-20-47/h2-39H,1H3. The van der Waals surface area contributed by atoms with Crippen LogP contribution in [0.15, 0.2) is 231 Å². The quantitative estimate of drug-likeness (QED) is 0.112. The molecule has 0 fully saturated rings. The van der Waals surface area contributed by atoms with Gasteiger partial charge in [0.1, 0.15) is 0 Å². The first-order valence-electron chi connectivity index (χ1n) is 21.3. The second kappa shape index (κ2) is 13.9. The molecule has 0 aliphatic heterocycles. The Labute approximate surface area is 355 Å². The maximum absolute atomic E-state index is 2.47. The number of hydrogen-bond donors (Lipinski definition) is 0. The van der Waals surface area contributed by atoms with Crippen molar-refractivity contribution in [2.24, 2.45) is 0 Å². The van der Waals surface area contributed by atoms with Crippen LogP contribution in [0.2, 0.25) is 0 Å². The topological polar surface area (TPSA) is 4.93 Å². The Hall–Kier alpha value is -7.74. The summed E-state index contributed by atoms with van der Waals surface area (Å²) < 4.78 is 2.40. The second-order valence-corrected chi connectivity index (χ2v) is 16.5. The summed E-state index contributed by atoms with van der Waals surface area (Å²) in [5, 5.41) is 10.2. The minimum absolute atomic E-state index is 0.537. The molecule has 1 aromatic heterocycles. The van der Waals surface area contributed by atoms with Crippen LogP contribution in [0.25, 0.3) is 82.1 Å². The SMILES string of the molecule is Cc1ccc(-c2cc(-c3ccc(-n4c5ccccc5c5ccccc54)cc3)c3ccc4cc(C(c5ccccc5)(c5ccccc5)c5ccccc5)cc5ccc2c3c54)cc1. The molecule has 286 valence electrons. The van der Waals surface area contributed by atoms with Crippen LogP contribution in [-0.4, -0.2) is 4.57 Å². The molecule has 0 amide bonds. The monoisotopic (exact) mass is 775 g/mol. The molecular formula is C60H41N. The van der Waals surface area contributed by atoms with Crippen molar-refractivity contribution in [1.29, 1.82) is 0 Å². The van der Waals surface area contributed by atoms with Gasteiger partial charge in [0.25, 0.3) is 0 Å². The normalized spacial score (nSPS) is 12.0. The van der Waals surface area contributed by atoms with Crippen molar-refractivity contribution in [1.82, 2.24) is 4.57 Å². The second-order valence-electron chi connectivity index (χ2n) is 16.5. The number of benzene rings is 11. The fourth-order valence-corrected chi connectivity index (χ4v) is 10.4. The van der Waals surface area contributed by atoms with Crippen molar-refractivity contribution in [2.45, 2.75) is 12.3 Å². The molecule has 0 spiro atoms. The van der Waals surface area contributed by atoms with Crippen molar-refractivity contribution >= 4 is 54.1 Å². The summed E-state index contributed by atoms with van der Waals surface area (Å²) in [6, 6.07) is 85.6. The number of hydrogen-bond acceptors (Lipinski definition) is 0. The van der Waals surface area contributed by atoms with Crippen LogP contribution < -0.4 is 0 Å². The maximum atomic E-state index is 2.47. The fraction of sp³-hybridized carbons (Fsp3) is 0.0333. The third-order valence-electron chi connectivity index (χ3n) is 13.1. The van der Waals surface area contributed by atoms with Gasteiger partial charge >= 0.3 is 0 Å². The van der Waals surface area contributed by atoms with E-state index in [4.69, 9.17) is 0 Å². The number of rotatable bonds is 7. The molecule has 0 saturated carbocycles. The zero-order valence-corrected chi connectivity index (χ0v) is 33.9. The predicted octanol–water partition coefficient (Wildman–Crippen LogP) is 15.7. The Balaban J connectivity index is 1.11. The zero-order chi connectivity index (χ0) is 40.5. The van der Waals surface area contributed by atoms with Gasteiger partial charge in [-0.15, -0.1) is 0 Å². The minimum Gasteiger partial charge on any atom is -0.309 e. The van der Waals surface area contributed by atoms with E-state index in [1.165, 1.54) is 104 Å². The third kappa shape index (κ3) is 5.41. The van der Waals surface area contributed by atoms with Crippen LogP contribution in [0.5, 0.6) is 0 Å². The molecule has 0 aliphatic rings. The summed E-state index contributed by atoms with van der Waals surface area (Å²) >= 11 is 0. The molecule has 0 radical (unpaired) electrons. The van der Waals surface area contributed by atoms with Gasteiger partial charge in [-0.05, 0) is 126 Å². The fourth-order valence-electron chi connectivity index (χ4n) is 10.4. The summed E-state index contributed by atoms with van der Waals surface area (Å²) in [6.07, 6.45) is 0. The van der Waals surface area contributed by atoms with Gasteiger partial charge in [-0.25, -0.2) is 0 Å². The molecule has 1 heteroatoms. The number of para-hydroxylation sites is 2. The van der Waals surface area contributed by atoms with E-state index in [1.807, 2.05) is 0 Å². The molecule has 1 nitrogen and oxygen atoms in total. The van der Waals surface area contributed by atoms with E-state index < -0.39 is 5.41 Å². The molecule has 11 aromatic carbocycles. The highest BCUT2D eigenvalue weighted by molar-refractivity contribution is 6.28. The lowest BCUT2D eigenvalue weighted by Gasteiger charge is -2.37. The smallest absolute Gasteiger partial charge is 0.0702 e. The van der Waals surface area contributed by atoms with Crippen LogP contribution in [0.4, 0.5) is 0 Å². The molecule has 61 heavy (non-hydrogen) atoms. The molecule has 0 N–H and O–H groups in total. The Kier molecular flexibility index (Phi) is 8.05. The molecule has 12 rings (SSSR count). The lowest BCUT2D eigenvalue weighted by molar-refractivity contribution is 0.747. The molecule has 1 heterocycles. The Bertz CT molecular complexity index is 3380. The van der Waals surface area contributed by atoms with Crippen LogP contribution in [0.3, 0.4) is 0 Å². The van der Waals surface area contributed by atoms with Gasteiger partial charge in [0.05, 0.1) is 16.4 Å². The first-order valence-corrected chi connectivity index (χ1v) is 21.3. The van der Waals surface area contributed by atoms with Gasteiger partial charge in [-0.1, -0.05) is 194 Å².